The van der Waals surface area contributed by atoms with Gasteiger partial charge < -0.3 is 9.64 Å². The van der Waals surface area contributed by atoms with Crippen molar-refractivity contribution in [2.24, 2.45) is 0 Å². The third-order valence-corrected chi connectivity index (χ3v) is 4.74. The average Bonchev–Trinajstić information content (AvgIpc) is 2.98. The van der Waals surface area contributed by atoms with Gasteiger partial charge in [-0.15, -0.1) is 11.3 Å². The highest BCUT2D eigenvalue weighted by Gasteiger charge is 2.09. The molecule has 3 aromatic rings. The monoisotopic (exact) mass is 394 g/mol. The summed E-state index contributed by atoms with van der Waals surface area (Å²) < 4.78 is 8.33. The van der Waals surface area contributed by atoms with Gasteiger partial charge in [0, 0.05) is 22.1 Å². The Hall–Kier alpha value is -1.70. The van der Waals surface area contributed by atoms with Gasteiger partial charge in [0.25, 0.3) is 5.56 Å². The van der Waals surface area contributed by atoms with Crippen molar-refractivity contribution < 1.29 is 9.64 Å². The van der Waals surface area contributed by atoms with Gasteiger partial charge in [0.2, 0.25) is 0 Å². The number of hydrogen-bond acceptors (Lipinski definition) is 4. The van der Waals surface area contributed by atoms with Crippen molar-refractivity contribution in [2.75, 3.05) is 20.2 Å². The molecular weight excluding hydrogens is 378 g/mol. The summed E-state index contributed by atoms with van der Waals surface area (Å²) in [4.78, 5) is 18.5. The number of halogens is 1. The Morgan fingerprint density at radius 3 is 2.91 bits per heavy atom. The summed E-state index contributed by atoms with van der Waals surface area (Å²) in [6.45, 7) is 2.16. The lowest BCUT2D eigenvalue weighted by molar-refractivity contribution is -0.894. The maximum absolute atomic E-state index is 12.0. The molecule has 1 atom stereocenters. The molecule has 0 spiro atoms. The van der Waals surface area contributed by atoms with Crippen LogP contribution in [0.15, 0.2) is 51.2 Å². The van der Waals surface area contributed by atoms with Crippen molar-refractivity contribution in [3.63, 3.8) is 0 Å². The maximum atomic E-state index is 12.0. The smallest absolute Gasteiger partial charge is 0.258 e. The first-order chi connectivity index (χ1) is 11.1. The van der Waals surface area contributed by atoms with E-state index in [0.29, 0.717) is 13.2 Å². The topological polar surface area (TPSA) is 48.0 Å². The highest BCUT2D eigenvalue weighted by atomic mass is 79.9. The lowest BCUT2D eigenvalue weighted by Crippen LogP contribution is -3.08. The number of aromatic nitrogens is 2. The molecule has 120 valence electrons. The van der Waals surface area contributed by atoms with Crippen molar-refractivity contribution in [3.8, 4) is 5.75 Å². The fourth-order valence-corrected chi connectivity index (χ4v) is 3.25. The zero-order valence-electron chi connectivity index (χ0n) is 12.7. The molecule has 0 radical (unpaired) electrons. The zero-order valence-corrected chi connectivity index (χ0v) is 15.1. The number of nitrogens with one attached hydrogen (secondary N) is 1. The number of fused-ring (bicyclic) bond motifs is 1. The van der Waals surface area contributed by atoms with E-state index in [1.807, 2.05) is 29.6 Å². The lowest BCUT2D eigenvalue weighted by Gasteiger charge is -2.14. The second-order valence-corrected chi connectivity index (χ2v) is 7.12. The van der Waals surface area contributed by atoms with Crippen LogP contribution in [0.5, 0.6) is 5.75 Å². The van der Waals surface area contributed by atoms with Crippen LogP contribution in [-0.4, -0.2) is 29.6 Å². The molecule has 0 amide bonds. The quantitative estimate of drug-likeness (QED) is 0.690. The van der Waals surface area contributed by atoms with Gasteiger partial charge in [0.1, 0.15) is 31.1 Å². The Bertz CT molecular complexity index is 844. The van der Waals surface area contributed by atoms with Crippen LogP contribution in [0, 0.1) is 0 Å². The molecule has 1 N–H and O–H groups in total. The van der Waals surface area contributed by atoms with Gasteiger partial charge in [-0.1, -0.05) is 15.9 Å². The maximum Gasteiger partial charge on any atom is 0.258 e. The number of quaternary nitrogens is 1. The van der Waals surface area contributed by atoms with Crippen LogP contribution in [0.3, 0.4) is 0 Å². The third-order valence-electron chi connectivity index (χ3n) is 3.45. The van der Waals surface area contributed by atoms with Crippen LogP contribution in [0.4, 0.5) is 0 Å². The molecular formula is C16H17BrN3O2S+. The second kappa shape index (κ2) is 7.25. The number of benzene rings is 1. The van der Waals surface area contributed by atoms with Crippen LogP contribution >= 0.6 is 27.3 Å². The summed E-state index contributed by atoms with van der Waals surface area (Å²) in [6, 6.07) is 9.40. The van der Waals surface area contributed by atoms with E-state index in [1.54, 1.807) is 16.7 Å². The molecule has 0 saturated carbocycles. The molecule has 0 fully saturated rings. The van der Waals surface area contributed by atoms with Crippen molar-refractivity contribution >= 4 is 32.2 Å². The molecule has 2 heterocycles. The molecule has 7 heteroatoms. The molecule has 1 aromatic carbocycles. The standard InChI is InChI=1S/C16H16BrN3O2S/c1-19(6-8-22-14-4-2-12(17)3-5-14)11-13-10-15(21)20-7-9-23-16(20)18-13/h2-5,7,9-10H,6,8,11H2,1H3/p+1. The SMILES string of the molecule is C[NH+](CCOc1ccc(Br)cc1)Cc1cc(=O)n2ccsc2n1. The minimum Gasteiger partial charge on any atom is -0.488 e. The highest BCUT2D eigenvalue weighted by molar-refractivity contribution is 9.10. The fraction of sp³-hybridized carbons (Fsp3) is 0.250. The van der Waals surface area contributed by atoms with Crippen molar-refractivity contribution in [3.05, 3.63) is 62.4 Å². The molecule has 3 rings (SSSR count). The minimum absolute atomic E-state index is 0.0230. The van der Waals surface area contributed by atoms with Crippen LogP contribution in [0.1, 0.15) is 5.69 Å². The third kappa shape index (κ3) is 4.19. The van der Waals surface area contributed by atoms with Crippen molar-refractivity contribution in [1.82, 2.24) is 9.38 Å². The number of thiazole rings is 1. The number of hydrogen-bond donors (Lipinski definition) is 1. The van der Waals surface area contributed by atoms with Crippen LogP contribution in [0.2, 0.25) is 0 Å². The predicted octanol–water partition coefficient (Wildman–Crippen LogP) is 1.61. The average molecular weight is 395 g/mol. The Morgan fingerprint density at radius 1 is 1.35 bits per heavy atom. The molecule has 23 heavy (non-hydrogen) atoms. The lowest BCUT2D eigenvalue weighted by atomic mass is 10.3. The first-order valence-corrected chi connectivity index (χ1v) is 8.94. The summed E-state index contributed by atoms with van der Waals surface area (Å²) in [5.41, 5.74) is 0.795. The van der Waals surface area contributed by atoms with Gasteiger partial charge in [0.05, 0.1) is 7.05 Å². The summed E-state index contributed by atoms with van der Waals surface area (Å²) in [5, 5.41) is 1.87. The van der Waals surface area contributed by atoms with Gasteiger partial charge in [-0.3, -0.25) is 9.20 Å². The van der Waals surface area contributed by atoms with E-state index in [0.717, 1.165) is 27.4 Å². The van der Waals surface area contributed by atoms with E-state index in [9.17, 15) is 4.79 Å². The second-order valence-electron chi connectivity index (χ2n) is 5.33. The fourth-order valence-electron chi connectivity index (χ4n) is 2.25. The largest absolute Gasteiger partial charge is 0.488 e. The van der Waals surface area contributed by atoms with Gasteiger partial charge in [-0.25, -0.2) is 4.98 Å². The van der Waals surface area contributed by atoms with E-state index < -0.39 is 0 Å². The molecule has 5 nitrogen and oxygen atoms in total. The summed E-state index contributed by atoms with van der Waals surface area (Å²) in [6.07, 6.45) is 1.75. The van der Waals surface area contributed by atoms with Gasteiger partial charge in [-0.05, 0) is 24.3 Å². The molecule has 0 aliphatic carbocycles. The van der Waals surface area contributed by atoms with Crippen LogP contribution in [0.25, 0.3) is 4.96 Å². The first-order valence-electron chi connectivity index (χ1n) is 7.27. The van der Waals surface area contributed by atoms with E-state index in [1.165, 1.54) is 16.2 Å². The number of ether oxygens (including phenoxy) is 1. The normalized spacial score (nSPS) is 12.4. The van der Waals surface area contributed by atoms with Crippen molar-refractivity contribution in [1.29, 1.82) is 0 Å². The zero-order chi connectivity index (χ0) is 16.2. The Balaban J connectivity index is 1.54. The molecule has 1 unspecified atom stereocenters. The van der Waals surface area contributed by atoms with Gasteiger partial charge in [0.15, 0.2) is 4.96 Å². The van der Waals surface area contributed by atoms with Gasteiger partial charge in [-0.2, -0.15) is 0 Å². The van der Waals surface area contributed by atoms with Gasteiger partial charge >= 0.3 is 0 Å². The first kappa shape index (κ1) is 16.2. The van der Waals surface area contributed by atoms with E-state index in [-0.39, 0.29) is 5.56 Å². The Kier molecular flexibility index (Phi) is 5.09. The van der Waals surface area contributed by atoms with E-state index in [2.05, 4.69) is 28.0 Å². The number of nitrogens with zero attached hydrogens (tertiary/aromatic N) is 2. The molecule has 2 aromatic heterocycles. The number of rotatable bonds is 6. The Labute approximate surface area is 146 Å². The molecule has 0 bridgehead atoms. The Morgan fingerprint density at radius 2 is 2.13 bits per heavy atom. The van der Waals surface area contributed by atoms with Crippen LogP contribution < -0.4 is 15.2 Å². The molecule has 0 aliphatic rings. The summed E-state index contributed by atoms with van der Waals surface area (Å²) in [7, 11) is 2.07. The van der Waals surface area contributed by atoms with E-state index in [4.69, 9.17) is 4.74 Å². The molecule has 0 saturated heterocycles. The summed E-state index contributed by atoms with van der Waals surface area (Å²) in [5.74, 6) is 0.859. The van der Waals surface area contributed by atoms with Crippen molar-refractivity contribution in [2.45, 2.75) is 6.54 Å². The highest BCUT2D eigenvalue weighted by Crippen LogP contribution is 2.15. The van der Waals surface area contributed by atoms with E-state index >= 15 is 0 Å². The summed E-state index contributed by atoms with van der Waals surface area (Å²) >= 11 is 4.87. The van der Waals surface area contributed by atoms with Crippen LogP contribution in [-0.2, 0) is 6.54 Å². The minimum atomic E-state index is -0.0230. The number of likely N-dealkylation sites (N-methyl/N-ethyl adjacent to an activating group) is 1. The predicted molar refractivity (Wildman–Crippen MR) is 94.4 cm³/mol. The molecule has 0 aliphatic heterocycles.